The standard InChI is InChI=1S/C28H35N3O3/c1-2-3-4-11-16-25-19-31(30-29-25)28-18-17-26(33-21-24-14-9-6-10-15-24)27(34-28)22-32-20-23-12-7-5-8-13-23/h5-10,12-15,17-19,26-28H,2-4,11,16,20-22H2,1H3/t26-,27+,28-/m0/s1. The molecule has 4 rings (SSSR count). The number of rotatable bonds is 13. The number of hydrogen-bond donors (Lipinski definition) is 0. The van der Waals surface area contributed by atoms with Gasteiger partial charge in [-0.1, -0.05) is 98.1 Å². The second-order valence-electron chi connectivity index (χ2n) is 8.71. The number of benzene rings is 2. The summed E-state index contributed by atoms with van der Waals surface area (Å²) in [6.07, 6.45) is 11.1. The minimum atomic E-state index is -0.321. The zero-order valence-electron chi connectivity index (χ0n) is 20.0. The molecule has 0 N–H and O–H groups in total. The van der Waals surface area contributed by atoms with E-state index in [0.717, 1.165) is 29.7 Å². The molecule has 0 aliphatic carbocycles. The Morgan fingerprint density at radius 3 is 2.35 bits per heavy atom. The zero-order valence-corrected chi connectivity index (χ0v) is 20.0. The van der Waals surface area contributed by atoms with Crippen LogP contribution >= 0.6 is 0 Å². The fraction of sp³-hybridized carbons (Fsp3) is 0.429. The van der Waals surface area contributed by atoms with E-state index in [2.05, 4.69) is 47.6 Å². The number of aryl methyl sites for hydroxylation is 1. The van der Waals surface area contributed by atoms with E-state index in [0.29, 0.717) is 19.8 Å². The summed E-state index contributed by atoms with van der Waals surface area (Å²) in [6, 6.07) is 20.3. The van der Waals surface area contributed by atoms with Crippen molar-refractivity contribution in [2.75, 3.05) is 6.61 Å². The molecule has 2 aromatic carbocycles. The van der Waals surface area contributed by atoms with Gasteiger partial charge in [-0.05, 0) is 30.0 Å². The molecule has 0 unspecified atom stereocenters. The van der Waals surface area contributed by atoms with E-state index < -0.39 is 0 Å². The van der Waals surface area contributed by atoms with Crippen molar-refractivity contribution >= 4 is 0 Å². The average Bonchev–Trinajstić information content (AvgIpc) is 3.36. The van der Waals surface area contributed by atoms with Crippen LogP contribution in [0.25, 0.3) is 0 Å². The molecule has 2 heterocycles. The Balaban J connectivity index is 1.37. The molecule has 3 aromatic rings. The summed E-state index contributed by atoms with van der Waals surface area (Å²) in [7, 11) is 0. The van der Waals surface area contributed by atoms with Gasteiger partial charge in [0.05, 0.1) is 31.7 Å². The Hall–Kier alpha value is -2.80. The van der Waals surface area contributed by atoms with Gasteiger partial charge in [-0.25, -0.2) is 4.68 Å². The quantitative estimate of drug-likeness (QED) is 0.243. The maximum Gasteiger partial charge on any atom is 0.171 e. The topological polar surface area (TPSA) is 58.4 Å². The second kappa shape index (κ2) is 13.2. The number of nitrogens with zero attached hydrogens (tertiary/aromatic N) is 3. The normalized spacial score (nSPS) is 20.0. The molecule has 1 aliphatic heterocycles. The number of ether oxygens (including phenoxy) is 3. The lowest BCUT2D eigenvalue weighted by atomic mass is 10.1. The van der Waals surface area contributed by atoms with E-state index in [1.807, 2.05) is 48.7 Å². The highest BCUT2D eigenvalue weighted by atomic mass is 16.6. The monoisotopic (exact) mass is 461 g/mol. The fourth-order valence-electron chi connectivity index (χ4n) is 4.00. The first-order chi connectivity index (χ1) is 16.8. The molecule has 0 saturated carbocycles. The summed E-state index contributed by atoms with van der Waals surface area (Å²) < 4.78 is 20.4. The lowest BCUT2D eigenvalue weighted by molar-refractivity contribution is -0.139. The van der Waals surface area contributed by atoms with Gasteiger partial charge < -0.3 is 14.2 Å². The lowest BCUT2D eigenvalue weighted by Gasteiger charge is -2.32. The van der Waals surface area contributed by atoms with Gasteiger partial charge in [0.2, 0.25) is 0 Å². The van der Waals surface area contributed by atoms with Gasteiger partial charge in [-0.15, -0.1) is 5.10 Å². The van der Waals surface area contributed by atoms with Crippen molar-refractivity contribution in [2.24, 2.45) is 0 Å². The van der Waals surface area contributed by atoms with E-state index in [9.17, 15) is 0 Å². The summed E-state index contributed by atoms with van der Waals surface area (Å²) in [4.78, 5) is 0. The Bertz CT molecular complexity index is 990. The van der Waals surface area contributed by atoms with E-state index in [1.165, 1.54) is 19.3 Å². The average molecular weight is 462 g/mol. The molecule has 0 radical (unpaired) electrons. The summed E-state index contributed by atoms with van der Waals surface area (Å²) in [5.41, 5.74) is 3.27. The molecule has 180 valence electrons. The SMILES string of the molecule is CCCCCCc1cn([C@@H]2C=C[C@H](OCc3ccccc3)[C@@H](COCc3ccccc3)O2)nn1. The minimum absolute atomic E-state index is 0.204. The summed E-state index contributed by atoms with van der Waals surface area (Å²) in [5, 5.41) is 8.68. The second-order valence-corrected chi connectivity index (χ2v) is 8.71. The van der Waals surface area contributed by atoms with Crippen LogP contribution in [0, 0.1) is 0 Å². The Kier molecular flexibility index (Phi) is 9.43. The summed E-state index contributed by atoms with van der Waals surface area (Å²) in [5.74, 6) is 0. The number of hydrogen-bond acceptors (Lipinski definition) is 5. The van der Waals surface area contributed by atoms with Crippen molar-refractivity contribution in [3.63, 3.8) is 0 Å². The van der Waals surface area contributed by atoms with E-state index in [1.54, 1.807) is 4.68 Å². The molecule has 0 bridgehead atoms. The molecule has 0 amide bonds. The van der Waals surface area contributed by atoms with Crippen LogP contribution in [-0.4, -0.2) is 33.8 Å². The highest BCUT2D eigenvalue weighted by molar-refractivity contribution is 5.14. The Morgan fingerprint density at radius 1 is 0.882 bits per heavy atom. The highest BCUT2D eigenvalue weighted by Gasteiger charge is 2.29. The molecule has 6 nitrogen and oxygen atoms in total. The van der Waals surface area contributed by atoms with Crippen LogP contribution < -0.4 is 0 Å². The van der Waals surface area contributed by atoms with Gasteiger partial charge in [0, 0.05) is 0 Å². The van der Waals surface area contributed by atoms with Crippen molar-refractivity contribution < 1.29 is 14.2 Å². The zero-order chi connectivity index (χ0) is 23.4. The first kappa shape index (κ1) is 24.3. The Labute approximate surface area is 202 Å². The molecule has 0 fully saturated rings. The van der Waals surface area contributed by atoms with E-state index >= 15 is 0 Å². The highest BCUT2D eigenvalue weighted by Crippen LogP contribution is 2.24. The first-order valence-electron chi connectivity index (χ1n) is 12.3. The molecule has 1 aliphatic rings. The summed E-state index contributed by atoms with van der Waals surface area (Å²) >= 11 is 0. The van der Waals surface area contributed by atoms with Crippen molar-refractivity contribution in [3.8, 4) is 0 Å². The smallest absolute Gasteiger partial charge is 0.171 e. The predicted molar refractivity (Wildman–Crippen MR) is 132 cm³/mol. The summed E-state index contributed by atoms with van der Waals surface area (Å²) in [6.45, 7) is 3.70. The maximum absolute atomic E-state index is 6.39. The van der Waals surface area contributed by atoms with Crippen LogP contribution in [0.3, 0.4) is 0 Å². The van der Waals surface area contributed by atoms with Crippen LogP contribution in [0.5, 0.6) is 0 Å². The lowest BCUT2D eigenvalue weighted by Crippen LogP contribution is -2.39. The van der Waals surface area contributed by atoms with Crippen LogP contribution in [0.2, 0.25) is 0 Å². The Morgan fingerprint density at radius 2 is 1.62 bits per heavy atom. The van der Waals surface area contributed by atoms with Crippen LogP contribution in [-0.2, 0) is 33.8 Å². The van der Waals surface area contributed by atoms with Gasteiger partial charge in [0.15, 0.2) is 6.23 Å². The van der Waals surface area contributed by atoms with Gasteiger partial charge in [-0.2, -0.15) is 0 Å². The van der Waals surface area contributed by atoms with Crippen molar-refractivity contribution in [2.45, 2.75) is 70.7 Å². The third kappa shape index (κ3) is 7.35. The van der Waals surface area contributed by atoms with Crippen molar-refractivity contribution in [1.29, 1.82) is 0 Å². The molecule has 3 atom stereocenters. The van der Waals surface area contributed by atoms with Gasteiger partial charge in [-0.3, -0.25) is 0 Å². The largest absolute Gasteiger partial charge is 0.374 e. The molecule has 34 heavy (non-hydrogen) atoms. The third-order valence-electron chi connectivity index (χ3n) is 5.93. The fourth-order valence-corrected chi connectivity index (χ4v) is 4.00. The van der Waals surface area contributed by atoms with E-state index in [-0.39, 0.29) is 18.4 Å². The van der Waals surface area contributed by atoms with Crippen LogP contribution in [0.15, 0.2) is 79.0 Å². The molecule has 0 saturated heterocycles. The third-order valence-corrected chi connectivity index (χ3v) is 5.93. The van der Waals surface area contributed by atoms with Gasteiger partial charge in [0.25, 0.3) is 0 Å². The molecule has 0 spiro atoms. The van der Waals surface area contributed by atoms with Crippen molar-refractivity contribution in [1.82, 2.24) is 15.0 Å². The molecular formula is C28H35N3O3. The maximum atomic E-state index is 6.39. The van der Waals surface area contributed by atoms with Crippen molar-refractivity contribution in [3.05, 3.63) is 95.8 Å². The molecule has 6 heteroatoms. The molecule has 1 aromatic heterocycles. The number of aromatic nitrogens is 3. The number of unbranched alkanes of at least 4 members (excludes halogenated alkanes) is 3. The first-order valence-corrected chi connectivity index (χ1v) is 12.3. The minimum Gasteiger partial charge on any atom is -0.374 e. The molecular weight excluding hydrogens is 426 g/mol. The van der Waals surface area contributed by atoms with E-state index in [4.69, 9.17) is 14.2 Å². The van der Waals surface area contributed by atoms with Crippen LogP contribution in [0.4, 0.5) is 0 Å². The van der Waals surface area contributed by atoms with Gasteiger partial charge >= 0.3 is 0 Å². The van der Waals surface area contributed by atoms with Crippen LogP contribution in [0.1, 0.15) is 55.7 Å². The predicted octanol–water partition coefficient (Wildman–Crippen LogP) is 5.66. The van der Waals surface area contributed by atoms with Gasteiger partial charge in [0.1, 0.15) is 12.2 Å².